The van der Waals surface area contributed by atoms with Gasteiger partial charge in [-0.15, -0.1) is 11.3 Å². The molecule has 5 nitrogen and oxygen atoms in total. The van der Waals surface area contributed by atoms with E-state index < -0.39 is 0 Å². The second-order valence-corrected chi connectivity index (χ2v) is 7.69. The Kier molecular flexibility index (Phi) is 7.03. The van der Waals surface area contributed by atoms with Crippen molar-refractivity contribution in [1.82, 2.24) is 10.3 Å². The van der Waals surface area contributed by atoms with E-state index in [9.17, 15) is 9.59 Å². The Hall–Kier alpha value is -2.41. The molecule has 144 valence electrons. The maximum Gasteiger partial charge on any atom is 0.251 e. The van der Waals surface area contributed by atoms with E-state index in [0.717, 1.165) is 11.3 Å². The van der Waals surface area contributed by atoms with Crippen LogP contribution < -0.4 is 10.6 Å². The summed E-state index contributed by atoms with van der Waals surface area (Å²) in [7, 11) is 0. The van der Waals surface area contributed by atoms with Gasteiger partial charge in [0.15, 0.2) is 5.13 Å². The van der Waals surface area contributed by atoms with E-state index in [1.165, 1.54) is 11.3 Å². The minimum Gasteiger partial charge on any atom is -0.352 e. The van der Waals surface area contributed by atoms with E-state index >= 15 is 0 Å². The molecule has 0 aliphatic heterocycles. The number of hydrogen-bond acceptors (Lipinski definition) is 4. The average Bonchev–Trinajstić information content (AvgIpc) is 3.14. The van der Waals surface area contributed by atoms with Gasteiger partial charge in [0, 0.05) is 39.5 Å². The fourth-order valence-corrected chi connectivity index (χ4v) is 3.41. The van der Waals surface area contributed by atoms with Gasteiger partial charge in [-0.1, -0.05) is 35.3 Å². The fourth-order valence-electron chi connectivity index (χ4n) is 2.42. The monoisotopic (exact) mass is 433 g/mol. The Bertz CT molecular complexity index is 956. The van der Waals surface area contributed by atoms with Gasteiger partial charge in [0.25, 0.3) is 5.91 Å². The number of amides is 2. The molecular formula is C20H17Cl2N3O2S. The van der Waals surface area contributed by atoms with Gasteiger partial charge < -0.3 is 10.6 Å². The molecular weight excluding hydrogens is 417 g/mol. The van der Waals surface area contributed by atoms with Crippen LogP contribution >= 0.6 is 34.5 Å². The van der Waals surface area contributed by atoms with Crippen molar-refractivity contribution >= 4 is 51.5 Å². The molecule has 2 N–H and O–H groups in total. The normalized spacial score (nSPS) is 10.5. The molecule has 0 radical (unpaired) electrons. The summed E-state index contributed by atoms with van der Waals surface area (Å²) in [5, 5.41) is 9.23. The Morgan fingerprint density at radius 3 is 2.29 bits per heavy atom. The van der Waals surface area contributed by atoms with Crippen LogP contribution in [0.3, 0.4) is 0 Å². The predicted molar refractivity (Wildman–Crippen MR) is 114 cm³/mol. The lowest BCUT2D eigenvalue weighted by atomic mass is 10.2. The lowest BCUT2D eigenvalue weighted by Gasteiger charge is -2.05. The summed E-state index contributed by atoms with van der Waals surface area (Å²) in [6, 6.07) is 14.0. The highest BCUT2D eigenvalue weighted by molar-refractivity contribution is 7.14. The van der Waals surface area contributed by atoms with Gasteiger partial charge in [-0.2, -0.15) is 0 Å². The van der Waals surface area contributed by atoms with E-state index in [4.69, 9.17) is 23.2 Å². The SMILES string of the molecule is O=C(CCCNC(=O)c1ccc(Cl)cc1)Nc1nc(-c2ccc(Cl)cc2)cs1. The third-order valence-electron chi connectivity index (χ3n) is 3.86. The second-order valence-electron chi connectivity index (χ2n) is 5.96. The number of benzene rings is 2. The quantitative estimate of drug-likeness (QED) is 0.498. The largest absolute Gasteiger partial charge is 0.352 e. The molecule has 0 aliphatic carbocycles. The van der Waals surface area contributed by atoms with Crippen molar-refractivity contribution in [1.29, 1.82) is 0 Å². The maximum absolute atomic E-state index is 12.1. The van der Waals surface area contributed by atoms with Crippen molar-refractivity contribution in [2.24, 2.45) is 0 Å². The summed E-state index contributed by atoms with van der Waals surface area (Å²) < 4.78 is 0. The van der Waals surface area contributed by atoms with Crippen LogP contribution in [0.1, 0.15) is 23.2 Å². The zero-order valence-electron chi connectivity index (χ0n) is 14.7. The number of rotatable bonds is 7. The number of carbonyl (C=O) groups excluding carboxylic acids is 2. The Balaban J connectivity index is 1.41. The standard InChI is InChI=1S/C20H17Cl2N3O2S/c21-15-7-3-13(4-8-15)17-12-28-20(24-17)25-18(26)2-1-11-23-19(27)14-5-9-16(22)10-6-14/h3-10,12H,1-2,11H2,(H,23,27)(H,24,25,26). The van der Waals surface area contributed by atoms with Crippen LogP contribution in [-0.2, 0) is 4.79 Å². The summed E-state index contributed by atoms with van der Waals surface area (Å²) in [6.07, 6.45) is 0.817. The van der Waals surface area contributed by atoms with Crippen molar-refractivity contribution in [3.05, 3.63) is 69.5 Å². The molecule has 1 aromatic heterocycles. The highest BCUT2D eigenvalue weighted by Gasteiger charge is 2.09. The van der Waals surface area contributed by atoms with Crippen molar-refractivity contribution in [3.8, 4) is 11.3 Å². The smallest absolute Gasteiger partial charge is 0.251 e. The van der Waals surface area contributed by atoms with Crippen LogP contribution in [0.4, 0.5) is 5.13 Å². The van der Waals surface area contributed by atoms with Crippen molar-refractivity contribution in [2.45, 2.75) is 12.8 Å². The number of anilines is 1. The second kappa shape index (κ2) is 9.68. The summed E-state index contributed by atoms with van der Waals surface area (Å²) in [6.45, 7) is 0.406. The number of hydrogen-bond donors (Lipinski definition) is 2. The lowest BCUT2D eigenvalue weighted by molar-refractivity contribution is -0.116. The molecule has 3 aromatic rings. The molecule has 8 heteroatoms. The Labute approximate surface area is 176 Å². The van der Waals surface area contributed by atoms with Crippen LogP contribution in [0.15, 0.2) is 53.9 Å². The fraction of sp³-hybridized carbons (Fsp3) is 0.150. The zero-order valence-corrected chi connectivity index (χ0v) is 17.1. The van der Waals surface area contributed by atoms with E-state index in [1.54, 1.807) is 36.4 Å². The number of carbonyl (C=O) groups is 2. The summed E-state index contributed by atoms with van der Waals surface area (Å²) in [4.78, 5) is 28.5. The van der Waals surface area contributed by atoms with Gasteiger partial charge in [0.05, 0.1) is 5.69 Å². The first-order valence-electron chi connectivity index (χ1n) is 8.56. The van der Waals surface area contributed by atoms with Crippen LogP contribution in [0.25, 0.3) is 11.3 Å². The maximum atomic E-state index is 12.1. The lowest BCUT2D eigenvalue weighted by Crippen LogP contribution is -2.25. The Morgan fingerprint density at radius 2 is 1.61 bits per heavy atom. The van der Waals surface area contributed by atoms with E-state index in [-0.39, 0.29) is 18.2 Å². The van der Waals surface area contributed by atoms with Crippen LogP contribution in [0.2, 0.25) is 10.0 Å². The topological polar surface area (TPSA) is 71.1 Å². The highest BCUT2D eigenvalue weighted by Crippen LogP contribution is 2.26. The van der Waals surface area contributed by atoms with Gasteiger partial charge >= 0.3 is 0 Å². The minimum atomic E-state index is -0.190. The van der Waals surface area contributed by atoms with Gasteiger partial charge in [-0.3, -0.25) is 9.59 Å². The van der Waals surface area contributed by atoms with Gasteiger partial charge in [0.2, 0.25) is 5.91 Å². The van der Waals surface area contributed by atoms with E-state index in [2.05, 4.69) is 15.6 Å². The first kappa shape index (κ1) is 20.3. The number of nitrogens with one attached hydrogen (secondary N) is 2. The highest BCUT2D eigenvalue weighted by atomic mass is 35.5. The summed E-state index contributed by atoms with van der Waals surface area (Å²) in [5.74, 6) is -0.331. The molecule has 0 atom stereocenters. The van der Waals surface area contributed by atoms with Gasteiger partial charge in [-0.25, -0.2) is 4.98 Å². The molecule has 0 fully saturated rings. The molecule has 0 spiro atoms. The molecule has 0 unspecified atom stereocenters. The molecule has 3 rings (SSSR count). The average molecular weight is 434 g/mol. The first-order valence-corrected chi connectivity index (χ1v) is 10.2. The van der Waals surface area contributed by atoms with Crippen molar-refractivity contribution in [3.63, 3.8) is 0 Å². The predicted octanol–water partition coefficient (Wildman–Crippen LogP) is 5.27. The van der Waals surface area contributed by atoms with Crippen LogP contribution in [-0.4, -0.2) is 23.3 Å². The zero-order chi connectivity index (χ0) is 19.9. The van der Waals surface area contributed by atoms with Crippen LogP contribution in [0.5, 0.6) is 0 Å². The number of aromatic nitrogens is 1. The molecule has 2 aromatic carbocycles. The summed E-state index contributed by atoms with van der Waals surface area (Å²) in [5.41, 5.74) is 2.25. The molecule has 0 saturated heterocycles. The minimum absolute atomic E-state index is 0.141. The first-order chi connectivity index (χ1) is 13.5. The van der Waals surface area contributed by atoms with E-state index in [0.29, 0.717) is 33.7 Å². The molecule has 0 aliphatic rings. The molecule has 1 heterocycles. The third-order valence-corrected chi connectivity index (χ3v) is 5.12. The number of thiazole rings is 1. The molecule has 0 bridgehead atoms. The van der Waals surface area contributed by atoms with Gasteiger partial charge in [0.1, 0.15) is 0 Å². The molecule has 0 saturated carbocycles. The van der Waals surface area contributed by atoms with Crippen molar-refractivity contribution < 1.29 is 9.59 Å². The van der Waals surface area contributed by atoms with Gasteiger partial charge in [-0.05, 0) is 42.8 Å². The molecule has 2 amide bonds. The third kappa shape index (κ3) is 5.79. The van der Waals surface area contributed by atoms with E-state index in [1.807, 2.05) is 17.5 Å². The van der Waals surface area contributed by atoms with Crippen molar-refractivity contribution in [2.75, 3.05) is 11.9 Å². The summed E-state index contributed by atoms with van der Waals surface area (Å²) >= 11 is 13.1. The number of nitrogens with zero attached hydrogens (tertiary/aromatic N) is 1. The Morgan fingerprint density at radius 1 is 0.964 bits per heavy atom. The number of halogens is 2. The molecule has 28 heavy (non-hydrogen) atoms. The van der Waals surface area contributed by atoms with Crippen LogP contribution in [0, 0.1) is 0 Å².